The highest BCUT2D eigenvalue weighted by atomic mass is 32.2. The van der Waals surface area contributed by atoms with Gasteiger partial charge in [-0.1, -0.05) is 6.07 Å². The van der Waals surface area contributed by atoms with E-state index in [-0.39, 0.29) is 11.8 Å². The van der Waals surface area contributed by atoms with Gasteiger partial charge < -0.3 is 10.1 Å². The Morgan fingerprint density at radius 3 is 2.35 bits per heavy atom. The first-order chi connectivity index (χ1) is 16.2. The van der Waals surface area contributed by atoms with Crippen LogP contribution in [0.25, 0.3) is 11.3 Å². The average Bonchev–Trinajstić information content (AvgIpc) is 3.20. The summed E-state index contributed by atoms with van der Waals surface area (Å²) in [6.07, 6.45) is 0.956. The van der Waals surface area contributed by atoms with Crippen LogP contribution in [0.2, 0.25) is 0 Å². The van der Waals surface area contributed by atoms with Crippen molar-refractivity contribution >= 4 is 32.4 Å². The van der Waals surface area contributed by atoms with E-state index in [1.165, 1.54) is 15.6 Å². The number of piperidine rings is 1. The molecule has 0 unspecified atom stereocenters. The van der Waals surface area contributed by atoms with Crippen LogP contribution < -0.4 is 10.1 Å². The predicted octanol–water partition coefficient (Wildman–Crippen LogP) is 4.78. The Morgan fingerprint density at radius 2 is 1.74 bits per heavy atom. The summed E-state index contributed by atoms with van der Waals surface area (Å²) in [6, 6.07) is 12.9. The van der Waals surface area contributed by atoms with Crippen LogP contribution in [0.1, 0.15) is 28.8 Å². The topological polar surface area (TPSA) is 88.6 Å². The van der Waals surface area contributed by atoms with Crippen LogP contribution in [-0.2, 0) is 14.8 Å². The molecule has 1 N–H and O–H groups in total. The number of carbonyl (C=O) groups excluding carboxylic acids is 1. The first-order valence-electron chi connectivity index (χ1n) is 11.2. The van der Waals surface area contributed by atoms with Gasteiger partial charge in [0, 0.05) is 29.4 Å². The van der Waals surface area contributed by atoms with E-state index in [1.54, 1.807) is 19.2 Å². The maximum absolute atomic E-state index is 13.0. The van der Waals surface area contributed by atoms with E-state index in [0.717, 1.165) is 33.0 Å². The highest BCUT2D eigenvalue weighted by molar-refractivity contribution is 7.89. The lowest BCUT2D eigenvalue weighted by atomic mass is 9.97. The quantitative estimate of drug-likeness (QED) is 0.527. The fraction of sp³-hybridized carbons (Fsp3) is 0.360. The largest absolute Gasteiger partial charge is 0.497 e. The van der Waals surface area contributed by atoms with Gasteiger partial charge in [0.2, 0.25) is 15.9 Å². The van der Waals surface area contributed by atoms with Gasteiger partial charge >= 0.3 is 0 Å². The average molecular weight is 500 g/mol. The SMILES string of the molecule is COc1ccc(-c2nc(NC(=O)C3CCN(S(=O)(=O)c4ccc(C)c(C)c4)CC3)sc2C)cc1. The summed E-state index contributed by atoms with van der Waals surface area (Å²) in [5, 5.41) is 3.49. The van der Waals surface area contributed by atoms with Crippen molar-refractivity contribution in [3.63, 3.8) is 0 Å². The number of amides is 1. The van der Waals surface area contributed by atoms with E-state index in [2.05, 4.69) is 10.3 Å². The molecule has 1 aliphatic rings. The van der Waals surface area contributed by atoms with Gasteiger partial charge in [0.25, 0.3) is 0 Å². The Labute approximate surface area is 204 Å². The zero-order valence-electron chi connectivity index (χ0n) is 19.8. The molecule has 2 heterocycles. The number of ether oxygens (including phenoxy) is 1. The molecule has 0 atom stereocenters. The smallest absolute Gasteiger partial charge is 0.243 e. The van der Waals surface area contributed by atoms with Gasteiger partial charge in [-0.15, -0.1) is 11.3 Å². The Morgan fingerprint density at radius 1 is 1.06 bits per heavy atom. The molecule has 3 aromatic rings. The highest BCUT2D eigenvalue weighted by Crippen LogP contribution is 2.32. The monoisotopic (exact) mass is 499 g/mol. The zero-order valence-corrected chi connectivity index (χ0v) is 21.4. The fourth-order valence-corrected chi connectivity index (χ4v) is 6.45. The van der Waals surface area contributed by atoms with Crippen molar-refractivity contribution in [2.75, 3.05) is 25.5 Å². The number of nitrogens with one attached hydrogen (secondary N) is 1. The molecule has 9 heteroatoms. The number of benzene rings is 2. The van der Waals surface area contributed by atoms with Crippen LogP contribution in [0.15, 0.2) is 47.4 Å². The third-order valence-electron chi connectivity index (χ3n) is 6.33. The van der Waals surface area contributed by atoms with Gasteiger partial charge in [0.1, 0.15) is 5.75 Å². The molecule has 0 aliphatic carbocycles. The van der Waals surface area contributed by atoms with E-state index in [1.807, 2.05) is 51.1 Å². The van der Waals surface area contributed by atoms with Crippen molar-refractivity contribution in [2.45, 2.75) is 38.5 Å². The molecule has 1 fully saturated rings. The van der Waals surface area contributed by atoms with E-state index < -0.39 is 10.0 Å². The zero-order chi connectivity index (χ0) is 24.5. The van der Waals surface area contributed by atoms with E-state index in [9.17, 15) is 13.2 Å². The lowest BCUT2D eigenvalue weighted by molar-refractivity contribution is -0.120. The van der Waals surface area contributed by atoms with Crippen molar-refractivity contribution in [1.82, 2.24) is 9.29 Å². The molecule has 2 aromatic carbocycles. The molecule has 7 nitrogen and oxygen atoms in total. The maximum Gasteiger partial charge on any atom is 0.243 e. The standard InChI is InChI=1S/C25H29N3O4S2/c1-16-5-10-22(15-17(16)2)34(30,31)28-13-11-20(12-14-28)24(29)27-25-26-23(18(3)33-25)19-6-8-21(32-4)9-7-19/h5-10,15,20H,11-14H2,1-4H3,(H,26,27,29). The molecule has 1 aromatic heterocycles. The molecule has 0 saturated carbocycles. The van der Waals surface area contributed by atoms with E-state index >= 15 is 0 Å². The minimum Gasteiger partial charge on any atom is -0.497 e. The molecule has 1 amide bonds. The summed E-state index contributed by atoms with van der Waals surface area (Å²) < 4.78 is 32.8. The van der Waals surface area contributed by atoms with Crippen LogP contribution in [-0.4, -0.2) is 43.8 Å². The molecule has 0 radical (unpaired) electrons. The van der Waals surface area contributed by atoms with Gasteiger partial charge in [-0.3, -0.25) is 4.79 Å². The third-order valence-corrected chi connectivity index (χ3v) is 9.11. The number of anilines is 1. The number of aryl methyl sites for hydroxylation is 3. The second-order valence-electron chi connectivity index (χ2n) is 8.57. The van der Waals surface area contributed by atoms with Gasteiger partial charge in [0.15, 0.2) is 5.13 Å². The highest BCUT2D eigenvalue weighted by Gasteiger charge is 2.32. The second kappa shape index (κ2) is 9.85. The molecule has 1 saturated heterocycles. The summed E-state index contributed by atoms with van der Waals surface area (Å²) in [4.78, 5) is 18.8. The molecule has 0 bridgehead atoms. The van der Waals surface area contributed by atoms with Crippen molar-refractivity contribution in [1.29, 1.82) is 0 Å². The Bertz CT molecular complexity index is 1290. The Hall–Kier alpha value is -2.75. The summed E-state index contributed by atoms with van der Waals surface area (Å²) in [7, 11) is -1.94. The number of rotatable bonds is 6. The van der Waals surface area contributed by atoms with Crippen LogP contribution >= 0.6 is 11.3 Å². The van der Waals surface area contributed by atoms with Crippen LogP contribution in [0.5, 0.6) is 5.75 Å². The maximum atomic E-state index is 13.0. The third kappa shape index (κ3) is 5.01. The van der Waals surface area contributed by atoms with Crippen molar-refractivity contribution in [3.05, 3.63) is 58.5 Å². The number of hydrogen-bond donors (Lipinski definition) is 1. The van der Waals surface area contributed by atoms with E-state index in [0.29, 0.717) is 36.0 Å². The minimum atomic E-state index is -3.56. The molecule has 34 heavy (non-hydrogen) atoms. The first-order valence-corrected chi connectivity index (χ1v) is 13.4. The molecule has 1 aliphatic heterocycles. The van der Waals surface area contributed by atoms with Gasteiger partial charge in [-0.05, 0) is 81.1 Å². The number of methoxy groups -OCH3 is 1. The lowest BCUT2D eigenvalue weighted by Crippen LogP contribution is -2.41. The number of sulfonamides is 1. The fourth-order valence-electron chi connectivity index (χ4n) is 4.06. The predicted molar refractivity (Wildman–Crippen MR) is 135 cm³/mol. The van der Waals surface area contributed by atoms with Crippen LogP contribution in [0.3, 0.4) is 0 Å². The van der Waals surface area contributed by atoms with Crippen LogP contribution in [0, 0.1) is 26.7 Å². The summed E-state index contributed by atoms with van der Waals surface area (Å²) in [6.45, 7) is 6.48. The number of thiazole rings is 1. The van der Waals surface area contributed by atoms with E-state index in [4.69, 9.17) is 4.74 Å². The number of aromatic nitrogens is 1. The Balaban J connectivity index is 1.39. The number of carbonyl (C=O) groups is 1. The molecule has 4 rings (SSSR count). The molecular formula is C25H29N3O4S2. The molecular weight excluding hydrogens is 470 g/mol. The lowest BCUT2D eigenvalue weighted by Gasteiger charge is -2.30. The normalized spacial score (nSPS) is 15.3. The number of hydrogen-bond acceptors (Lipinski definition) is 6. The summed E-state index contributed by atoms with van der Waals surface area (Å²) in [5.74, 6) is 0.411. The van der Waals surface area contributed by atoms with Gasteiger partial charge in [0.05, 0.1) is 17.7 Å². The second-order valence-corrected chi connectivity index (χ2v) is 11.7. The van der Waals surface area contributed by atoms with Gasteiger partial charge in [-0.25, -0.2) is 13.4 Å². The van der Waals surface area contributed by atoms with Crippen molar-refractivity contribution in [3.8, 4) is 17.0 Å². The van der Waals surface area contributed by atoms with Gasteiger partial charge in [-0.2, -0.15) is 4.31 Å². The summed E-state index contributed by atoms with van der Waals surface area (Å²) >= 11 is 1.44. The molecule has 0 spiro atoms. The van der Waals surface area contributed by atoms with Crippen molar-refractivity contribution in [2.24, 2.45) is 5.92 Å². The minimum absolute atomic E-state index is 0.113. The summed E-state index contributed by atoms with van der Waals surface area (Å²) in [5.41, 5.74) is 3.79. The Kier molecular flexibility index (Phi) is 7.06. The van der Waals surface area contributed by atoms with Crippen LogP contribution in [0.4, 0.5) is 5.13 Å². The first kappa shape index (κ1) is 24.4. The molecule has 180 valence electrons. The van der Waals surface area contributed by atoms with Crippen molar-refractivity contribution < 1.29 is 17.9 Å². The number of nitrogens with zero attached hydrogens (tertiary/aromatic N) is 2.